The van der Waals surface area contributed by atoms with Gasteiger partial charge in [0.25, 0.3) is 5.56 Å². The summed E-state index contributed by atoms with van der Waals surface area (Å²) in [5.41, 5.74) is -1.01. The van der Waals surface area contributed by atoms with Gasteiger partial charge in [-0.25, -0.2) is 32.3 Å². The van der Waals surface area contributed by atoms with Crippen LogP contribution in [0, 0.1) is 24.4 Å². The molecule has 5 rings (SSSR count). The summed E-state index contributed by atoms with van der Waals surface area (Å²) in [5, 5.41) is 3.05. The van der Waals surface area contributed by atoms with Crippen LogP contribution in [0.4, 0.5) is 24.8 Å². The molecule has 0 radical (unpaired) electrons. The van der Waals surface area contributed by atoms with Crippen LogP contribution in [0.3, 0.4) is 0 Å². The van der Waals surface area contributed by atoms with E-state index in [1.165, 1.54) is 18.3 Å². The number of ether oxygens (including phenoxy) is 1. The highest BCUT2D eigenvalue weighted by atomic mass is 35.5. The maximum absolute atomic E-state index is 14.0. The molecule has 5 aromatic rings. The third kappa shape index (κ3) is 5.58. The molecule has 2 aromatic carbocycles. The molecular weight excluding hydrogens is 579 g/mol. The Morgan fingerprint density at radius 3 is 2.43 bits per heavy atom. The normalized spacial score (nSPS) is 11.4. The molecule has 0 unspecified atom stereocenters. The minimum absolute atomic E-state index is 0.0952. The molecule has 0 bridgehead atoms. The van der Waals surface area contributed by atoms with Crippen molar-refractivity contribution < 1.29 is 17.9 Å². The zero-order chi connectivity index (χ0) is 30.1. The van der Waals surface area contributed by atoms with E-state index >= 15 is 0 Å². The van der Waals surface area contributed by atoms with Crippen LogP contribution in [-0.4, -0.2) is 42.4 Å². The van der Waals surface area contributed by atoms with Gasteiger partial charge in [0.1, 0.15) is 5.82 Å². The summed E-state index contributed by atoms with van der Waals surface area (Å²) >= 11 is 6.51. The summed E-state index contributed by atoms with van der Waals surface area (Å²) in [6, 6.07) is 7.63. The topological polar surface area (TPSA) is 129 Å². The SMILES string of the molecule is COCCn1c(C)nc2cc(Cl)c(Nc3nc(=O)n(Cc4ccc[nH]c4=O)c(=O)n3Cc3cc(F)c(F)c(F)c3)cc21. The molecule has 42 heavy (non-hydrogen) atoms. The van der Waals surface area contributed by atoms with Crippen molar-refractivity contribution in [2.75, 3.05) is 19.0 Å². The second kappa shape index (κ2) is 11.7. The highest BCUT2D eigenvalue weighted by Crippen LogP contribution is 2.30. The standard InChI is InChI=1S/C27H23ClF3N7O4/c1-14-33-21-10-17(28)20(11-22(21)36(14)6-7-42-2)34-25-35-26(40)38(13-16-4-3-5-32-24(16)39)27(41)37(25)12-15-8-18(29)23(31)19(30)9-15/h3-5,8-11H,6-7,12-13H2,1-2H3,(H,32,39)(H,34,35,40). The minimum Gasteiger partial charge on any atom is -0.383 e. The highest BCUT2D eigenvalue weighted by molar-refractivity contribution is 6.34. The van der Waals surface area contributed by atoms with Gasteiger partial charge in [0.2, 0.25) is 5.95 Å². The molecule has 0 fully saturated rings. The molecule has 0 saturated heterocycles. The predicted octanol–water partition coefficient (Wildman–Crippen LogP) is 3.31. The molecule has 0 aliphatic carbocycles. The van der Waals surface area contributed by atoms with Crippen LogP contribution in [0.2, 0.25) is 5.02 Å². The second-order valence-corrected chi connectivity index (χ2v) is 9.73. The van der Waals surface area contributed by atoms with E-state index in [0.717, 1.165) is 16.7 Å². The fraction of sp³-hybridized carbons (Fsp3) is 0.222. The van der Waals surface area contributed by atoms with Crippen LogP contribution in [-0.2, 0) is 24.4 Å². The van der Waals surface area contributed by atoms with Crippen molar-refractivity contribution in [1.29, 1.82) is 0 Å². The van der Waals surface area contributed by atoms with Gasteiger partial charge in [0.15, 0.2) is 17.5 Å². The van der Waals surface area contributed by atoms with E-state index in [1.807, 2.05) is 11.5 Å². The lowest BCUT2D eigenvalue weighted by Gasteiger charge is -2.17. The molecule has 0 amide bonds. The number of halogens is 4. The lowest BCUT2D eigenvalue weighted by atomic mass is 10.2. The van der Waals surface area contributed by atoms with Gasteiger partial charge in [0, 0.05) is 25.4 Å². The molecule has 0 aliphatic heterocycles. The Balaban J connectivity index is 1.65. The van der Waals surface area contributed by atoms with E-state index in [-0.39, 0.29) is 27.8 Å². The van der Waals surface area contributed by atoms with E-state index in [4.69, 9.17) is 16.3 Å². The van der Waals surface area contributed by atoms with E-state index in [2.05, 4.69) is 20.3 Å². The first-order valence-corrected chi connectivity index (χ1v) is 12.9. The Hall–Kier alpha value is -4.69. The Labute approximate surface area is 239 Å². The van der Waals surface area contributed by atoms with Crippen molar-refractivity contribution in [3.63, 3.8) is 0 Å². The van der Waals surface area contributed by atoms with E-state index in [0.29, 0.717) is 34.6 Å². The fourth-order valence-electron chi connectivity index (χ4n) is 4.48. The largest absolute Gasteiger partial charge is 0.383 e. The number of aromatic amines is 1. The summed E-state index contributed by atoms with van der Waals surface area (Å²) in [4.78, 5) is 49.9. The number of nitrogens with zero attached hydrogens (tertiary/aromatic N) is 5. The third-order valence-corrected chi connectivity index (χ3v) is 6.87. The molecule has 3 aromatic heterocycles. The van der Waals surface area contributed by atoms with Crippen LogP contribution in [0.1, 0.15) is 17.0 Å². The zero-order valence-corrected chi connectivity index (χ0v) is 23.0. The average molecular weight is 602 g/mol. The van der Waals surface area contributed by atoms with Crippen molar-refractivity contribution in [3.8, 4) is 0 Å². The lowest BCUT2D eigenvalue weighted by Crippen LogP contribution is -2.43. The van der Waals surface area contributed by atoms with Gasteiger partial charge in [0.05, 0.1) is 41.4 Å². The first-order chi connectivity index (χ1) is 20.1. The minimum atomic E-state index is -1.67. The molecule has 15 heteroatoms. The molecule has 0 spiro atoms. The molecule has 2 N–H and O–H groups in total. The van der Waals surface area contributed by atoms with Crippen molar-refractivity contribution in [2.24, 2.45) is 0 Å². The highest BCUT2D eigenvalue weighted by Gasteiger charge is 2.19. The number of pyridine rings is 1. The molecule has 0 aliphatic rings. The predicted molar refractivity (Wildman–Crippen MR) is 149 cm³/mol. The molecular formula is C27H23ClF3N7O4. The van der Waals surface area contributed by atoms with Gasteiger partial charge in [-0.3, -0.25) is 9.36 Å². The molecule has 0 saturated carbocycles. The Kier molecular flexibility index (Phi) is 8.00. The first kappa shape index (κ1) is 28.8. The Morgan fingerprint density at radius 1 is 1.00 bits per heavy atom. The summed E-state index contributed by atoms with van der Waals surface area (Å²) in [5.74, 6) is -4.20. The first-order valence-electron chi connectivity index (χ1n) is 12.5. The number of anilines is 2. The van der Waals surface area contributed by atoms with Gasteiger partial charge in [-0.1, -0.05) is 17.7 Å². The maximum atomic E-state index is 14.0. The average Bonchev–Trinajstić information content (AvgIpc) is 3.24. The van der Waals surface area contributed by atoms with Crippen LogP contribution < -0.4 is 22.3 Å². The number of fused-ring (bicyclic) bond motifs is 1. The molecule has 0 atom stereocenters. The van der Waals surface area contributed by atoms with Gasteiger partial charge >= 0.3 is 11.4 Å². The zero-order valence-electron chi connectivity index (χ0n) is 22.3. The lowest BCUT2D eigenvalue weighted by molar-refractivity contribution is 0.187. The fourth-order valence-corrected chi connectivity index (χ4v) is 4.69. The number of hydrogen-bond donors (Lipinski definition) is 2. The van der Waals surface area contributed by atoms with Gasteiger partial charge in [-0.15, -0.1) is 0 Å². The van der Waals surface area contributed by atoms with Gasteiger partial charge in [-0.05, 0) is 42.8 Å². The van der Waals surface area contributed by atoms with Crippen molar-refractivity contribution in [1.82, 2.24) is 28.7 Å². The van der Waals surface area contributed by atoms with E-state index in [1.54, 1.807) is 19.2 Å². The van der Waals surface area contributed by atoms with E-state index in [9.17, 15) is 27.6 Å². The van der Waals surface area contributed by atoms with Crippen LogP contribution >= 0.6 is 11.6 Å². The summed E-state index contributed by atoms with van der Waals surface area (Å²) in [6.07, 6.45) is 1.39. The summed E-state index contributed by atoms with van der Waals surface area (Å²) in [6.45, 7) is 1.76. The number of nitrogens with one attached hydrogen (secondary N) is 2. The molecule has 218 valence electrons. The third-order valence-electron chi connectivity index (χ3n) is 6.56. The number of imidazole rings is 1. The van der Waals surface area contributed by atoms with Crippen LogP contribution in [0.15, 0.2) is 57.0 Å². The monoisotopic (exact) mass is 601 g/mol. The van der Waals surface area contributed by atoms with Crippen LogP contribution in [0.25, 0.3) is 11.0 Å². The summed E-state index contributed by atoms with van der Waals surface area (Å²) < 4.78 is 50.4. The van der Waals surface area contributed by atoms with Crippen molar-refractivity contribution >= 4 is 34.3 Å². The van der Waals surface area contributed by atoms with Gasteiger partial charge in [-0.2, -0.15) is 4.98 Å². The summed E-state index contributed by atoms with van der Waals surface area (Å²) in [7, 11) is 1.57. The Morgan fingerprint density at radius 2 is 1.74 bits per heavy atom. The second-order valence-electron chi connectivity index (χ2n) is 9.32. The number of hydrogen-bond acceptors (Lipinski definition) is 7. The molecule has 11 nitrogen and oxygen atoms in total. The smallest absolute Gasteiger partial charge is 0.355 e. The number of aryl methyl sites for hydroxylation is 1. The number of H-pyrrole nitrogens is 1. The Bertz CT molecular complexity index is 1980. The van der Waals surface area contributed by atoms with Crippen molar-refractivity contribution in [3.05, 3.63) is 113 Å². The van der Waals surface area contributed by atoms with E-state index < -0.39 is 47.5 Å². The number of rotatable bonds is 9. The van der Waals surface area contributed by atoms with Crippen LogP contribution in [0.5, 0.6) is 0 Å². The quantitative estimate of drug-likeness (QED) is 0.248. The number of benzene rings is 2. The molecule has 3 heterocycles. The van der Waals surface area contributed by atoms with Gasteiger partial charge < -0.3 is 19.6 Å². The maximum Gasteiger partial charge on any atom is 0.355 e. The van der Waals surface area contributed by atoms with Crippen molar-refractivity contribution in [2.45, 2.75) is 26.6 Å². The number of methoxy groups -OCH3 is 1. The number of aromatic nitrogens is 6.